The van der Waals surface area contributed by atoms with Gasteiger partial charge in [-0.25, -0.2) is 28.3 Å². The maximum absolute atomic E-state index is 15.4. The summed E-state index contributed by atoms with van der Waals surface area (Å²) in [6.07, 6.45) is 6.57. The van der Waals surface area contributed by atoms with E-state index < -0.39 is 78.3 Å². The molecule has 11 rings (SSSR count). The van der Waals surface area contributed by atoms with Gasteiger partial charge in [0.15, 0.2) is 6.23 Å². The minimum Gasteiger partial charge on any atom is -0.497 e. The summed E-state index contributed by atoms with van der Waals surface area (Å²) in [5, 5.41) is 6.35. The first-order valence-electron chi connectivity index (χ1n) is 26.6. The molecule has 4 amide bonds. The van der Waals surface area contributed by atoms with Crippen molar-refractivity contribution in [3.05, 3.63) is 102 Å². The molecular weight excluding hydrogens is 1010 g/mol. The Balaban J connectivity index is 0.898. The van der Waals surface area contributed by atoms with Crippen LogP contribution in [0, 0.1) is 11.8 Å². The van der Waals surface area contributed by atoms with Crippen LogP contribution in [0.1, 0.15) is 92.4 Å². The van der Waals surface area contributed by atoms with Gasteiger partial charge in [-0.15, -0.1) is 0 Å². The monoisotopic (exact) mass is 1080 g/mol. The van der Waals surface area contributed by atoms with Crippen LogP contribution >= 0.6 is 0 Å². The highest BCUT2D eigenvalue weighted by molar-refractivity contribution is 5.89. The van der Waals surface area contributed by atoms with Crippen molar-refractivity contribution in [3.8, 4) is 22.8 Å². The zero-order chi connectivity index (χ0) is 54.4. The fourth-order valence-electron chi connectivity index (χ4n) is 12.3. The Bertz CT molecular complexity index is 3100. The molecule has 1 aliphatic carbocycles. The number of carbonyl (C=O) groups excluding carboxylic acids is 4. The Labute approximate surface area is 449 Å². The lowest BCUT2D eigenvalue weighted by Gasteiger charge is -2.45. The third-order valence-corrected chi connectivity index (χ3v) is 16.5. The predicted molar refractivity (Wildman–Crippen MR) is 279 cm³/mol. The molecule has 0 radical (unpaired) electrons. The average Bonchev–Trinajstić information content (AvgIpc) is 4.52. The third-order valence-electron chi connectivity index (χ3n) is 16.5. The number of fused-ring (bicyclic) bond motifs is 5. The van der Waals surface area contributed by atoms with Crippen LogP contribution in [0.4, 0.5) is 18.4 Å². The lowest BCUT2D eigenvalue weighted by Crippen LogP contribution is -2.53. The molecule has 4 saturated heterocycles. The molecule has 4 fully saturated rings. The van der Waals surface area contributed by atoms with Crippen molar-refractivity contribution in [3.63, 3.8) is 0 Å². The highest BCUT2D eigenvalue weighted by Crippen LogP contribution is 2.49. The van der Waals surface area contributed by atoms with Gasteiger partial charge in [-0.05, 0) is 86.4 Å². The van der Waals surface area contributed by atoms with Gasteiger partial charge in [-0.2, -0.15) is 0 Å². The lowest BCUT2D eigenvalue weighted by atomic mass is 9.75. The highest BCUT2D eigenvalue weighted by atomic mass is 19.1. The van der Waals surface area contributed by atoms with E-state index in [2.05, 4.69) is 50.3 Å². The van der Waals surface area contributed by atoms with Crippen LogP contribution in [0.3, 0.4) is 0 Å². The first-order chi connectivity index (χ1) is 37.8. The van der Waals surface area contributed by atoms with Crippen LogP contribution in [0.2, 0.25) is 0 Å². The molecule has 6 unspecified atom stereocenters. The number of nitrogens with one attached hydrogen (secondary N) is 4. The largest absolute Gasteiger partial charge is 0.497 e. The molecule has 78 heavy (non-hydrogen) atoms. The number of halogens is 2. The van der Waals surface area contributed by atoms with Crippen molar-refractivity contribution < 1.29 is 61.1 Å². The zero-order valence-corrected chi connectivity index (χ0v) is 44.2. The Morgan fingerprint density at radius 3 is 1.81 bits per heavy atom. The summed E-state index contributed by atoms with van der Waals surface area (Å²) in [5.41, 5.74) is 4.81. The number of ether oxygens (including phenoxy) is 7. The smallest absolute Gasteiger partial charge is 0.407 e. The fourth-order valence-corrected chi connectivity index (χ4v) is 12.3. The summed E-state index contributed by atoms with van der Waals surface area (Å²) >= 11 is 0. The third kappa shape index (κ3) is 9.97. The van der Waals surface area contributed by atoms with Crippen LogP contribution in [0.5, 0.6) is 11.5 Å². The summed E-state index contributed by atoms with van der Waals surface area (Å²) in [7, 11) is 5.67. The van der Waals surface area contributed by atoms with E-state index in [1.54, 1.807) is 32.7 Å². The summed E-state index contributed by atoms with van der Waals surface area (Å²) in [6.45, 7) is 3.62. The number of aromatic nitrogens is 5. The first kappa shape index (κ1) is 52.7. The van der Waals surface area contributed by atoms with Crippen LogP contribution < -0.4 is 20.1 Å². The standard InChI is InChI=1S/C56H65F2N9O11/c1-56-13-8-33(41-27-60-50(62-41)44-24-37(58)29-66(44)52(69)48(64-55(71)75-5)31-11-16-77-17-12-31)22-46(56)78-53(35-19-38(72-2)25-39(20-35)73-3)67-42-7-6-32(18-34(42)21-45(56)67)40-26-59-49(61-40)43-23-36(57)28-65(43)51(68)47(63-54(70)74-4)30-9-14-76-15-10-30/h6-8,13,18-22,25-27,30-31,36-37,43-44,46-48,53H,9-12,14-17,23-24,28-29H2,1-5H3,(H,59,61)(H,60,62)(H,63,70)(H,64,71)/t36?,37-,43+,44?,46?,47?,48+,53?,56?/m1/s1. The van der Waals surface area contributed by atoms with Crippen LogP contribution in [-0.4, -0.2) is 157 Å². The van der Waals surface area contributed by atoms with Gasteiger partial charge in [0, 0.05) is 67.5 Å². The minimum atomic E-state index is -1.30. The van der Waals surface area contributed by atoms with Crippen molar-refractivity contribution in [2.24, 2.45) is 11.8 Å². The molecule has 6 aliphatic rings. The van der Waals surface area contributed by atoms with Crippen LogP contribution in [0.15, 0.2) is 73.1 Å². The molecule has 20 nitrogen and oxygen atoms in total. The highest BCUT2D eigenvalue weighted by Gasteiger charge is 2.48. The van der Waals surface area contributed by atoms with Gasteiger partial charge in [-0.1, -0.05) is 18.2 Å². The Morgan fingerprint density at radius 2 is 1.27 bits per heavy atom. The Morgan fingerprint density at radius 1 is 0.731 bits per heavy atom. The Kier molecular flexibility index (Phi) is 14.8. The number of carbonyl (C=O) groups is 4. The molecule has 8 heterocycles. The van der Waals surface area contributed by atoms with Gasteiger partial charge in [0.1, 0.15) is 47.6 Å². The molecule has 5 aliphatic heterocycles. The molecule has 3 aromatic heterocycles. The fraction of sp³-hybridized carbons (Fsp3) is 0.500. The number of methoxy groups -OCH3 is 4. The second kappa shape index (κ2) is 21.9. The number of likely N-dealkylation sites (tertiary alicyclic amines) is 2. The number of hydrogen-bond donors (Lipinski definition) is 4. The van der Waals surface area contributed by atoms with Crippen molar-refractivity contribution in [1.29, 1.82) is 0 Å². The molecule has 2 aromatic carbocycles. The second-order valence-corrected chi connectivity index (χ2v) is 21.1. The lowest BCUT2D eigenvalue weighted by molar-refractivity contribution is -0.137. The molecule has 0 saturated carbocycles. The van der Waals surface area contributed by atoms with Gasteiger partial charge in [0.2, 0.25) is 11.8 Å². The zero-order valence-electron chi connectivity index (χ0n) is 44.2. The first-order valence-corrected chi connectivity index (χ1v) is 26.6. The minimum absolute atomic E-state index is 0.0322. The SMILES string of the molecule is COC(=O)NC(C(=O)N1CC(F)C[C@H]1c1ncc(-c2ccc3c(c2)cc2n3C(c3cc(OC)cc(OC)c3)OC3C=C(c4cnc(C5C[C@@H](F)CN5C(=O)[C@@H](NC(=O)OC)C5CCOCC5)[nH]4)C=CC23C)[nH]1)C1CCOCC1. The predicted octanol–water partition coefficient (Wildman–Crippen LogP) is 7.15. The van der Waals surface area contributed by atoms with E-state index in [9.17, 15) is 19.2 Å². The average molecular weight is 1080 g/mol. The van der Waals surface area contributed by atoms with Gasteiger partial charge in [0.25, 0.3) is 0 Å². The van der Waals surface area contributed by atoms with Crippen molar-refractivity contribution in [2.45, 2.75) is 99.7 Å². The molecule has 5 aromatic rings. The summed E-state index contributed by atoms with van der Waals surface area (Å²) < 4.78 is 72.5. The number of imidazole rings is 2. The summed E-state index contributed by atoms with van der Waals surface area (Å²) in [4.78, 5) is 72.8. The van der Waals surface area contributed by atoms with Crippen LogP contribution in [0.25, 0.3) is 27.7 Å². The number of alkyl carbamates (subject to hydrolysis) is 2. The van der Waals surface area contributed by atoms with Crippen LogP contribution in [-0.2, 0) is 38.7 Å². The number of H-pyrrole nitrogens is 2. The van der Waals surface area contributed by atoms with Gasteiger partial charge >= 0.3 is 12.2 Å². The van der Waals surface area contributed by atoms with E-state index >= 15 is 8.78 Å². The molecule has 0 spiro atoms. The van der Waals surface area contributed by atoms with E-state index in [1.807, 2.05) is 36.4 Å². The normalized spacial score (nSPS) is 26.2. The van der Waals surface area contributed by atoms with Gasteiger partial charge < -0.3 is 68.1 Å². The second-order valence-electron chi connectivity index (χ2n) is 21.1. The number of aromatic amines is 2. The number of rotatable bonds is 13. The van der Waals surface area contributed by atoms with E-state index in [0.29, 0.717) is 86.6 Å². The molecule has 4 N–H and O–H groups in total. The number of amides is 4. The number of benzene rings is 2. The van der Waals surface area contributed by atoms with Crippen molar-refractivity contribution >= 4 is 40.5 Å². The summed E-state index contributed by atoms with van der Waals surface area (Å²) in [6, 6.07) is 10.6. The maximum atomic E-state index is 15.4. The molecule has 22 heteroatoms. The molecular formula is C56H65F2N9O11. The Hall–Kier alpha value is -7.30. The van der Waals surface area contributed by atoms with Crippen molar-refractivity contribution in [1.82, 2.24) is 44.9 Å². The number of hydrogen-bond acceptors (Lipinski definition) is 13. The number of allylic oxidation sites excluding steroid dienone is 2. The number of alkyl halides is 2. The van der Waals surface area contributed by atoms with Crippen molar-refractivity contribution in [2.75, 3.05) is 68.0 Å². The quantitative estimate of drug-likeness (QED) is 0.0920. The topological polar surface area (TPSA) is 226 Å². The molecule has 9 atom stereocenters. The number of nitrogens with zero attached hydrogens (tertiary/aromatic N) is 5. The van der Waals surface area contributed by atoms with Gasteiger partial charge in [0.05, 0.1) is 94.4 Å². The van der Waals surface area contributed by atoms with E-state index in [4.69, 9.17) is 43.1 Å². The van der Waals surface area contributed by atoms with Gasteiger partial charge in [-0.3, -0.25) is 9.59 Å². The van der Waals surface area contributed by atoms with E-state index in [1.165, 1.54) is 24.0 Å². The van der Waals surface area contributed by atoms with E-state index in [-0.39, 0.29) is 37.8 Å². The van der Waals surface area contributed by atoms with E-state index in [0.717, 1.165) is 33.3 Å². The molecule has 0 bridgehead atoms. The molecule has 414 valence electrons. The summed E-state index contributed by atoms with van der Waals surface area (Å²) in [5.74, 6) is 0.796. The maximum Gasteiger partial charge on any atom is 0.407 e.